The van der Waals surface area contributed by atoms with E-state index in [-0.39, 0.29) is 6.17 Å². The van der Waals surface area contributed by atoms with Crippen molar-refractivity contribution >= 4 is 0 Å². The monoisotopic (exact) mass is 389 g/mol. The summed E-state index contributed by atoms with van der Waals surface area (Å²) in [5.74, 6) is 0.448. The Labute approximate surface area is 165 Å². The van der Waals surface area contributed by atoms with Crippen LogP contribution in [0.15, 0.2) is 18.2 Å². The zero-order valence-electron chi connectivity index (χ0n) is 16.5. The molecular weight excluding hydrogens is 358 g/mol. The molecule has 3 saturated heterocycles. The molecule has 1 aromatic rings. The van der Waals surface area contributed by atoms with E-state index in [9.17, 15) is 15.3 Å². The zero-order chi connectivity index (χ0) is 19.6. The average Bonchev–Trinajstić information content (AvgIpc) is 3.22. The van der Waals surface area contributed by atoms with Crippen LogP contribution in [0.5, 0.6) is 0 Å². The van der Waals surface area contributed by atoms with Crippen LogP contribution in [-0.4, -0.2) is 82.1 Å². The lowest BCUT2D eigenvalue weighted by atomic mass is 9.85. The molecule has 7 heteroatoms. The molecule has 0 saturated carbocycles. The predicted molar refractivity (Wildman–Crippen MR) is 103 cm³/mol. The van der Waals surface area contributed by atoms with Crippen molar-refractivity contribution < 1.29 is 20.1 Å². The normalized spacial score (nSPS) is 42.1. The molecule has 1 aromatic carbocycles. The molecule has 0 aromatic heterocycles. The highest BCUT2D eigenvalue weighted by molar-refractivity contribution is 5.39. The van der Waals surface area contributed by atoms with Crippen molar-refractivity contribution in [1.82, 2.24) is 15.1 Å². The Morgan fingerprint density at radius 3 is 2.68 bits per heavy atom. The topological polar surface area (TPSA) is 88.4 Å². The second-order valence-corrected chi connectivity index (χ2v) is 8.96. The molecule has 1 aliphatic carbocycles. The smallest absolute Gasteiger partial charge is 0.141 e. The third-order valence-electron chi connectivity index (χ3n) is 7.35. The van der Waals surface area contributed by atoms with Crippen molar-refractivity contribution in [2.75, 3.05) is 20.3 Å². The van der Waals surface area contributed by atoms with Gasteiger partial charge in [0, 0.05) is 25.2 Å². The highest BCUT2D eigenvalue weighted by Crippen LogP contribution is 2.39. The molecule has 8 atom stereocenters. The summed E-state index contributed by atoms with van der Waals surface area (Å²) in [5, 5.41) is 35.9. The predicted octanol–water partition coefficient (Wildman–Crippen LogP) is -0.206. The van der Waals surface area contributed by atoms with E-state index in [4.69, 9.17) is 4.74 Å². The molecule has 3 aliphatic heterocycles. The number of nitrogens with one attached hydrogen (secondary N) is 1. The molecule has 3 heterocycles. The standard InChI is InChI=1S/C21H31N3O4/c1-11-15-7-8-24(20(15)23(2)10-22-11)21-18(27)17(26)19(28-21)16(25)14-6-4-12-3-5-13(12)9-14/h4,6,9,11,15-22,25-27H,3,5,7-8,10H2,1-2H3/t11?,15?,16-,17-,18+,19+,20?,21+/m0/s1. The first-order valence-electron chi connectivity index (χ1n) is 10.5. The summed E-state index contributed by atoms with van der Waals surface area (Å²) in [7, 11) is 2.07. The lowest BCUT2D eigenvalue weighted by molar-refractivity contribution is -0.145. The Hall–Kier alpha value is -1.06. The van der Waals surface area contributed by atoms with E-state index in [1.807, 2.05) is 18.2 Å². The van der Waals surface area contributed by atoms with Crippen LogP contribution in [0.4, 0.5) is 0 Å². The van der Waals surface area contributed by atoms with Gasteiger partial charge in [-0.25, -0.2) is 0 Å². The number of aliphatic hydroxyl groups excluding tert-OH is 3. The maximum atomic E-state index is 10.9. The molecule has 4 aliphatic rings. The van der Waals surface area contributed by atoms with Crippen molar-refractivity contribution in [1.29, 1.82) is 0 Å². The van der Waals surface area contributed by atoms with Crippen molar-refractivity contribution in [2.24, 2.45) is 5.92 Å². The molecule has 7 nitrogen and oxygen atoms in total. The highest BCUT2D eigenvalue weighted by Gasteiger charge is 2.54. The number of nitrogens with zero attached hydrogens (tertiary/aromatic N) is 2. The number of ether oxygens (including phenoxy) is 1. The Morgan fingerprint density at radius 1 is 1.18 bits per heavy atom. The molecule has 3 unspecified atom stereocenters. The summed E-state index contributed by atoms with van der Waals surface area (Å²) in [6, 6.07) is 6.36. The molecule has 154 valence electrons. The fourth-order valence-corrected chi connectivity index (χ4v) is 5.53. The Kier molecular flexibility index (Phi) is 4.75. The molecule has 0 amide bonds. The first kappa shape index (κ1) is 18.9. The van der Waals surface area contributed by atoms with Gasteiger partial charge in [0.1, 0.15) is 30.6 Å². The van der Waals surface area contributed by atoms with Crippen LogP contribution < -0.4 is 5.32 Å². The number of likely N-dealkylation sites (tertiary alicyclic amines) is 1. The first-order valence-corrected chi connectivity index (χ1v) is 10.5. The number of rotatable bonds is 3. The SMILES string of the molecule is CC1NCN(C)C2C1CCN2[C@@H]1O[C@H]([C@@H](O)c2ccc3c(c2)CC3)[C@@H](O)[C@H]1O. The summed E-state index contributed by atoms with van der Waals surface area (Å²) in [6.07, 6.45) is -1.25. The minimum atomic E-state index is -1.12. The fourth-order valence-electron chi connectivity index (χ4n) is 5.53. The van der Waals surface area contributed by atoms with E-state index in [0.29, 0.717) is 12.0 Å². The van der Waals surface area contributed by atoms with Crippen molar-refractivity contribution in [3.63, 3.8) is 0 Å². The van der Waals surface area contributed by atoms with Gasteiger partial charge in [-0.15, -0.1) is 0 Å². The maximum absolute atomic E-state index is 10.9. The van der Waals surface area contributed by atoms with Gasteiger partial charge in [0.15, 0.2) is 0 Å². The number of fused-ring (bicyclic) bond motifs is 2. The van der Waals surface area contributed by atoms with E-state index in [2.05, 4.69) is 29.1 Å². The van der Waals surface area contributed by atoms with E-state index >= 15 is 0 Å². The lowest BCUT2D eigenvalue weighted by Gasteiger charge is -2.45. The molecule has 3 fully saturated rings. The molecular formula is C21H31N3O4. The van der Waals surface area contributed by atoms with E-state index in [1.165, 1.54) is 11.1 Å². The minimum Gasteiger partial charge on any atom is -0.387 e. The van der Waals surface area contributed by atoms with Crippen molar-refractivity contribution in [3.05, 3.63) is 34.9 Å². The van der Waals surface area contributed by atoms with Crippen LogP contribution in [0, 0.1) is 5.92 Å². The summed E-state index contributed by atoms with van der Waals surface area (Å²) in [4.78, 5) is 4.40. The summed E-state index contributed by atoms with van der Waals surface area (Å²) < 4.78 is 6.14. The maximum Gasteiger partial charge on any atom is 0.141 e. The number of hydrogen-bond donors (Lipinski definition) is 4. The van der Waals surface area contributed by atoms with Gasteiger partial charge in [0.25, 0.3) is 0 Å². The summed E-state index contributed by atoms with van der Waals surface area (Å²) in [5.41, 5.74) is 3.34. The second kappa shape index (κ2) is 7.02. The third-order valence-corrected chi connectivity index (χ3v) is 7.35. The van der Waals surface area contributed by atoms with Crippen LogP contribution in [-0.2, 0) is 17.6 Å². The van der Waals surface area contributed by atoms with Crippen LogP contribution in [0.2, 0.25) is 0 Å². The highest BCUT2D eigenvalue weighted by atomic mass is 16.6. The van der Waals surface area contributed by atoms with Crippen molar-refractivity contribution in [3.8, 4) is 0 Å². The van der Waals surface area contributed by atoms with Crippen molar-refractivity contribution in [2.45, 2.75) is 69.0 Å². The largest absolute Gasteiger partial charge is 0.387 e. The van der Waals surface area contributed by atoms with E-state index in [0.717, 1.165) is 38.0 Å². The van der Waals surface area contributed by atoms with Gasteiger partial charge in [0.05, 0.1) is 6.17 Å². The molecule has 0 spiro atoms. The number of aliphatic hydroxyl groups is 3. The Morgan fingerprint density at radius 2 is 1.96 bits per heavy atom. The quantitative estimate of drug-likeness (QED) is 0.569. The van der Waals surface area contributed by atoms with Crippen LogP contribution in [0.1, 0.15) is 36.1 Å². The Bertz CT molecular complexity index is 746. The molecule has 5 rings (SSSR count). The lowest BCUT2D eigenvalue weighted by Crippen LogP contribution is -2.61. The van der Waals surface area contributed by atoms with Gasteiger partial charge >= 0.3 is 0 Å². The van der Waals surface area contributed by atoms with E-state index < -0.39 is 30.6 Å². The molecule has 4 N–H and O–H groups in total. The average molecular weight is 389 g/mol. The molecule has 0 radical (unpaired) electrons. The third kappa shape index (κ3) is 2.84. The number of benzene rings is 1. The first-order chi connectivity index (χ1) is 13.5. The fraction of sp³-hybridized carbons (Fsp3) is 0.714. The molecule has 0 bridgehead atoms. The molecule has 28 heavy (non-hydrogen) atoms. The number of hydrogen-bond acceptors (Lipinski definition) is 7. The second-order valence-electron chi connectivity index (χ2n) is 8.96. The van der Waals surface area contributed by atoms with E-state index in [1.54, 1.807) is 0 Å². The van der Waals surface area contributed by atoms with Gasteiger partial charge < -0.3 is 25.4 Å². The van der Waals surface area contributed by atoms with Gasteiger partial charge in [-0.1, -0.05) is 18.2 Å². The summed E-state index contributed by atoms with van der Waals surface area (Å²) in [6.45, 7) is 3.79. The van der Waals surface area contributed by atoms with Gasteiger partial charge in [-0.05, 0) is 49.9 Å². The summed E-state index contributed by atoms with van der Waals surface area (Å²) >= 11 is 0. The van der Waals surface area contributed by atoms with Gasteiger partial charge in [0.2, 0.25) is 0 Å². The van der Waals surface area contributed by atoms with Crippen LogP contribution in [0.25, 0.3) is 0 Å². The van der Waals surface area contributed by atoms with Crippen LogP contribution in [0.3, 0.4) is 0 Å². The van der Waals surface area contributed by atoms with Crippen LogP contribution >= 0.6 is 0 Å². The van der Waals surface area contributed by atoms with Gasteiger partial charge in [-0.2, -0.15) is 0 Å². The minimum absolute atomic E-state index is 0.162. The van der Waals surface area contributed by atoms with Gasteiger partial charge in [-0.3, -0.25) is 9.80 Å². The Balaban J connectivity index is 1.35. The number of aryl methyl sites for hydroxylation is 2. The zero-order valence-corrected chi connectivity index (χ0v) is 16.5.